The van der Waals surface area contributed by atoms with Crippen molar-refractivity contribution in [3.8, 4) is 22.8 Å². The average Bonchev–Trinajstić information content (AvgIpc) is 3.55. The van der Waals surface area contributed by atoms with Gasteiger partial charge in [0.1, 0.15) is 17.3 Å². The second kappa shape index (κ2) is 8.76. The summed E-state index contributed by atoms with van der Waals surface area (Å²) < 4.78 is 23.2. The van der Waals surface area contributed by atoms with Crippen LogP contribution in [0.25, 0.3) is 11.3 Å². The van der Waals surface area contributed by atoms with Crippen molar-refractivity contribution in [3.05, 3.63) is 102 Å². The normalized spacial score (nSPS) is 32.1. The molecule has 4 saturated carbocycles. The van der Waals surface area contributed by atoms with E-state index in [1.807, 2.05) is 65.2 Å². The first kappa shape index (κ1) is 24.3. The zero-order chi connectivity index (χ0) is 27.1. The van der Waals surface area contributed by atoms with Gasteiger partial charge in [-0.25, -0.2) is 9.37 Å². The van der Waals surface area contributed by atoms with Crippen LogP contribution in [0.5, 0.6) is 11.5 Å². The monoisotopic (exact) mass is 536 g/mol. The van der Waals surface area contributed by atoms with E-state index < -0.39 is 11.7 Å². The molecule has 4 unspecified atom stereocenters. The Kier molecular flexibility index (Phi) is 5.33. The first-order valence-electron chi connectivity index (χ1n) is 14.5. The highest BCUT2D eigenvalue weighted by molar-refractivity contribution is 5.69. The van der Waals surface area contributed by atoms with Gasteiger partial charge in [0.2, 0.25) is 0 Å². The molecule has 2 heterocycles. The van der Waals surface area contributed by atoms with Crippen molar-refractivity contribution < 1.29 is 19.3 Å². The Labute approximate surface area is 233 Å². The predicted octanol–water partition coefficient (Wildman–Crippen LogP) is 6.85. The number of rotatable bonds is 6. The fourth-order valence-electron chi connectivity index (χ4n) is 9.05. The fourth-order valence-corrected chi connectivity index (χ4v) is 9.05. The molecule has 0 spiro atoms. The topological polar surface area (TPSA) is 67.5 Å². The molecule has 5 aliphatic rings. The van der Waals surface area contributed by atoms with Crippen molar-refractivity contribution in [1.82, 2.24) is 9.55 Å². The minimum atomic E-state index is -0.945. The van der Waals surface area contributed by atoms with E-state index >= 15 is 4.39 Å². The zero-order valence-electron chi connectivity index (χ0n) is 22.3. The number of fused-ring (bicyclic) bond motifs is 3. The van der Waals surface area contributed by atoms with Crippen LogP contribution in [0, 0.1) is 29.0 Å². The maximum absolute atomic E-state index is 15.1. The highest BCUT2D eigenvalue weighted by atomic mass is 19.1. The molecule has 3 aromatic carbocycles. The van der Waals surface area contributed by atoms with E-state index in [1.165, 1.54) is 6.07 Å². The molecule has 6 heteroatoms. The summed E-state index contributed by atoms with van der Waals surface area (Å²) in [6.07, 6.45) is 7.85. The Bertz CT molecular complexity index is 1570. The van der Waals surface area contributed by atoms with Crippen LogP contribution in [-0.4, -0.2) is 25.9 Å². The molecule has 0 amide bonds. The molecular weight excluding hydrogens is 503 g/mol. The Balaban J connectivity index is 1.08. The molecule has 204 valence electrons. The van der Waals surface area contributed by atoms with Crippen LogP contribution in [0.1, 0.15) is 55.7 Å². The molecule has 4 atom stereocenters. The van der Waals surface area contributed by atoms with Gasteiger partial charge >= 0.3 is 0 Å². The molecule has 5 nitrogen and oxygen atoms in total. The summed E-state index contributed by atoms with van der Waals surface area (Å²) in [6.45, 7) is 0. The van der Waals surface area contributed by atoms with E-state index in [1.54, 1.807) is 18.6 Å². The average molecular weight is 537 g/mol. The number of hydrogen-bond acceptors (Lipinski definition) is 4. The van der Waals surface area contributed by atoms with Gasteiger partial charge in [-0.3, -0.25) is 0 Å². The van der Waals surface area contributed by atoms with Gasteiger partial charge in [0, 0.05) is 11.1 Å². The third-order valence-electron chi connectivity index (χ3n) is 10.6. The van der Waals surface area contributed by atoms with Crippen molar-refractivity contribution >= 4 is 0 Å². The molecule has 0 saturated heterocycles. The Morgan fingerprint density at radius 3 is 2.50 bits per heavy atom. The molecule has 4 fully saturated rings. The van der Waals surface area contributed by atoms with Crippen molar-refractivity contribution in [2.24, 2.45) is 23.2 Å². The smallest absolute Gasteiger partial charge is 0.129 e. The third kappa shape index (κ3) is 3.48. The largest absolute Gasteiger partial charge is 0.457 e. The van der Waals surface area contributed by atoms with Gasteiger partial charge in [0.05, 0.1) is 36.0 Å². The molecule has 1 aliphatic heterocycles. The van der Waals surface area contributed by atoms with Crippen molar-refractivity contribution in [2.45, 2.75) is 56.3 Å². The van der Waals surface area contributed by atoms with Crippen LogP contribution in [0.3, 0.4) is 0 Å². The predicted molar refractivity (Wildman–Crippen MR) is 149 cm³/mol. The van der Waals surface area contributed by atoms with Gasteiger partial charge in [-0.15, -0.1) is 0 Å². The second-order valence-electron chi connectivity index (χ2n) is 12.6. The van der Waals surface area contributed by atoms with Crippen LogP contribution in [0.15, 0.2) is 85.3 Å². The van der Waals surface area contributed by atoms with Crippen molar-refractivity contribution in [2.75, 3.05) is 0 Å². The molecule has 1 aromatic heterocycles. The third-order valence-corrected chi connectivity index (χ3v) is 10.6. The summed E-state index contributed by atoms with van der Waals surface area (Å²) in [5.74, 6) is 1.89. The lowest BCUT2D eigenvalue weighted by atomic mass is 9.42. The number of imidazole rings is 1. The zero-order valence-corrected chi connectivity index (χ0v) is 22.3. The number of para-hydroxylation sites is 1. The summed E-state index contributed by atoms with van der Waals surface area (Å²) in [5.41, 5.74) is 2.14. The fraction of sp³-hybridized carbons (Fsp3) is 0.382. The Hall–Kier alpha value is -3.48. The van der Waals surface area contributed by atoms with E-state index in [4.69, 9.17) is 4.74 Å². The number of benzene rings is 3. The molecule has 4 bridgehead atoms. The number of aromatic nitrogens is 2. The molecular formula is C34H33FN2O3. The lowest BCUT2D eigenvalue weighted by molar-refractivity contribution is -0.230. The first-order valence-corrected chi connectivity index (χ1v) is 14.5. The number of halogens is 1. The van der Waals surface area contributed by atoms with E-state index in [9.17, 15) is 10.2 Å². The number of nitrogens with zero attached hydrogens (tertiary/aromatic N) is 2. The van der Waals surface area contributed by atoms with Crippen molar-refractivity contribution in [3.63, 3.8) is 0 Å². The SMILES string of the molecule is OC(CC1c2c(F)cccc2-c2cncn21)C12CC3CC(C1)C(O)(c1cccc(Oc4ccccc4)c1)C(C3)C2. The summed E-state index contributed by atoms with van der Waals surface area (Å²) in [7, 11) is 0. The van der Waals surface area contributed by atoms with Gasteiger partial charge in [-0.1, -0.05) is 42.5 Å². The van der Waals surface area contributed by atoms with Crippen LogP contribution in [0.4, 0.5) is 4.39 Å². The summed E-state index contributed by atoms with van der Waals surface area (Å²) >= 11 is 0. The maximum Gasteiger partial charge on any atom is 0.129 e. The second-order valence-corrected chi connectivity index (χ2v) is 12.6. The maximum atomic E-state index is 15.1. The lowest BCUT2D eigenvalue weighted by Crippen LogP contribution is -2.62. The molecule has 4 aromatic rings. The van der Waals surface area contributed by atoms with Crippen LogP contribution < -0.4 is 4.74 Å². The van der Waals surface area contributed by atoms with Gasteiger partial charge in [0.25, 0.3) is 0 Å². The first-order chi connectivity index (χ1) is 19.4. The molecule has 2 N–H and O–H groups in total. The Morgan fingerprint density at radius 1 is 0.950 bits per heavy atom. The van der Waals surface area contributed by atoms with E-state index in [-0.39, 0.29) is 29.1 Å². The van der Waals surface area contributed by atoms with Crippen LogP contribution in [0.2, 0.25) is 0 Å². The quantitative estimate of drug-likeness (QED) is 0.283. The number of hydrogen-bond donors (Lipinski definition) is 2. The minimum Gasteiger partial charge on any atom is -0.457 e. The van der Waals surface area contributed by atoms with Gasteiger partial charge in [-0.05, 0) is 97.6 Å². The summed E-state index contributed by atoms with van der Waals surface area (Å²) in [6, 6.07) is 22.6. The van der Waals surface area contributed by atoms with E-state index in [0.29, 0.717) is 17.9 Å². The van der Waals surface area contributed by atoms with Crippen molar-refractivity contribution in [1.29, 1.82) is 0 Å². The summed E-state index contributed by atoms with van der Waals surface area (Å²) in [5, 5.41) is 24.3. The lowest BCUT2D eigenvalue weighted by Gasteiger charge is -2.65. The molecule has 4 aliphatic carbocycles. The number of aliphatic hydroxyl groups is 2. The molecule has 40 heavy (non-hydrogen) atoms. The highest BCUT2D eigenvalue weighted by Gasteiger charge is 2.64. The van der Waals surface area contributed by atoms with E-state index in [2.05, 4.69) is 4.98 Å². The van der Waals surface area contributed by atoms with Gasteiger partial charge in [-0.2, -0.15) is 0 Å². The van der Waals surface area contributed by atoms with Gasteiger partial charge in [0.15, 0.2) is 0 Å². The minimum absolute atomic E-state index is 0.0665. The van der Waals surface area contributed by atoms with Crippen LogP contribution in [-0.2, 0) is 5.60 Å². The highest BCUT2D eigenvalue weighted by Crippen LogP contribution is 2.68. The molecule has 0 radical (unpaired) electrons. The van der Waals surface area contributed by atoms with E-state index in [0.717, 1.165) is 60.4 Å². The summed E-state index contributed by atoms with van der Waals surface area (Å²) in [4.78, 5) is 4.32. The number of aliphatic hydroxyl groups excluding tert-OH is 1. The standard InChI is InChI=1S/C34H33FN2O3/c35-28-11-5-10-27-30-19-36-20-37(30)29(32(27)28)15-31(38)33-16-21-12-23(17-33)34(39,24(13-21)18-33)22-6-4-9-26(14-22)40-25-7-2-1-3-8-25/h1-11,14,19-21,23-24,29,31,38-39H,12-13,15-18H2. The molecule has 9 rings (SSSR count). The Morgan fingerprint density at radius 2 is 1.70 bits per heavy atom. The number of ether oxygens (including phenoxy) is 1. The van der Waals surface area contributed by atoms with Gasteiger partial charge < -0.3 is 19.5 Å². The van der Waals surface area contributed by atoms with Crippen LogP contribution >= 0.6 is 0 Å².